The summed E-state index contributed by atoms with van der Waals surface area (Å²) >= 11 is 1.72. The molecule has 0 saturated carbocycles. The number of alkyl halides is 2. The lowest BCUT2D eigenvalue weighted by Gasteiger charge is -2.21. The van der Waals surface area contributed by atoms with Crippen molar-refractivity contribution >= 4 is 34.4 Å². The highest BCUT2D eigenvalue weighted by Crippen LogP contribution is 2.45. The van der Waals surface area contributed by atoms with Gasteiger partial charge in [0.1, 0.15) is 29.3 Å². The van der Waals surface area contributed by atoms with Crippen molar-refractivity contribution in [3.63, 3.8) is 0 Å². The zero-order chi connectivity index (χ0) is 25.6. The monoisotopic (exact) mass is 516 g/mol. The Hall–Kier alpha value is -3.01. The van der Waals surface area contributed by atoms with Gasteiger partial charge in [-0.2, -0.15) is 0 Å². The molecule has 2 aliphatic heterocycles. The number of thioether (sulfide) groups is 1. The van der Waals surface area contributed by atoms with Crippen LogP contribution in [-0.4, -0.2) is 45.7 Å². The number of likely N-dealkylation sites (tertiary alicyclic amines) is 1. The van der Waals surface area contributed by atoms with Gasteiger partial charge in [0.15, 0.2) is 0 Å². The SMILES string of the molecule is CC(=O)N1CC[C@H](Oc2cc3c(N[C@H](C)c4cccc(C(F)F)c4F)nc(C)nc3c3c2SCC3)C1. The van der Waals surface area contributed by atoms with E-state index in [2.05, 4.69) is 10.3 Å². The summed E-state index contributed by atoms with van der Waals surface area (Å²) in [6.07, 6.45) is -1.42. The van der Waals surface area contributed by atoms with Gasteiger partial charge in [0.25, 0.3) is 6.43 Å². The smallest absolute Gasteiger partial charge is 0.266 e. The van der Waals surface area contributed by atoms with Gasteiger partial charge in [-0.1, -0.05) is 18.2 Å². The predicted octanol–water partition coefficient (Wildman–Crippen LogP) is 5.84. The largest absolute Gasteiger partial charge is 0.487 e. The summed E-state index contributed by atoms with van der Waals surface area (Å²) in [7, 11) is 0. The number of amides is 1. The number of rotatable bonds is 6. The average Bonchev–Trinajstić information content (AvgIpc) is 3.50. The quantitative estimate of drug-likeness (QED) is 0.444. The normalized spacial score (nSPS) is 18.1. The summed E-state index contributed by atoms with van der Waals surface area (Å²) in [5.74, 6) is 1.80. The van der Waals surface area contributed by atoms with E-state index < -0.39 is 23.8 Å². The zero-order valence-electron chi connectivity index (χ0n) is 20.3. The molecule has 0 spiro atoms. The van der Waals surface area contributed by atoms with Crippen LogP contribution >= 0.6 is 11.8 Å². The Labute approximate surface area is 211 Å². The van der Waals surface area contributed by atoms with Gasteiger partial charge >= 0.3 is 0 Å². The second-order valence-electron chi connectivity index (χ2n) is 9.21. The van der Waals surface area contributed by atoms with Crippen LogP contribution in [0, 0.1) is 12.7 Å². The first kappa shape index (κ1) is 24.7. The molecule has 0 radical (unpaired) electrons. The number of hydrogen-bond donors (Lipinski definition) is 1. The Balaban J connectivity index is 1.52. The molecule has 1 aromatic heterocycles. The van der Waals surface area contributed by atoms with Crippen LogP contribution < -0.4 is 10.1 Å². The molecule has 3 heterocycles. The van der Waals surface area contributed by atoms with Gasteiger partial charge in [-0.3, -0.25) is 4.79 Å². The number of halogens is 3. The van der Waals surface area contributed by atoms with Crippen molar-refractivity contribution in [2.24, 2.45) is 0 Å². The fraction of sp³-hybridized carbons (Fsp3) is 0.423. The van der Waals surface area contributed by atoms with Crippen molar-refractivity contribution in [3.05, 3.63) is 52.6 Å². The van der Waals surface area contributed by atoms with Crippen LogP contribution in [0.15, 0.2) is 29.2 Å². The van der Waals surface area contributed by atoms with Gasteiger partial charge in [-0.05, 0) is 31.9 Å². The summed E-state index contributed by atoms with van der Waals surface area (Å²) in [6.45, 7) is 6.27. The van der Waals surface area contributed by atoms with Crippen LogP contribution in [0.2, 0.25) is 0 Å². The zero-order valence-corrected chi connectivity index (χ0v) is 21.1. The van der Waals surface area contributed by atoms with Crippen LogP contribution in [0.1, 0.15) is 55.3 Å². The van der Waals surface area contributed by atoms with Crippen LogP contribution in [0.3, 0.4) is 0 Å². The van der Waals surface area contributed by atoms with Gasteiger partial charge in [-0.25, -0.2) is 23.1 Å². The first-order valence-corrected chi connectivity index (χ1v) is 12.9. The van der Waals surface area contributed by atoms with E-state index in [9.17, 15) is 18.0 Å². The van der Waals surface area contributed by atoms with E-state index in [1.807, 2.05) is 6.07 Å². The molecule has 3 aromatic rings. The molecule has 190 valence electrons. The molecule has 6 nitrogen and oxygen atoms in total. The Bertz CT molecular complexity index is 1340. The maximum atomic E-state index is 14.8. The molecule has 5 rings (SSSR count). The molecular formula is C26H27F3N4O2S. The molecule has 0 unspecified atom stereocenters. The third-order valence-corrected chi connectivity index (χ3v) is 7.86. The van der Waals surface area contributed by atoms with E-state index in [0.717, 1.165) is 51.8 Å². The molecule has 10 heteroatoms. The first-order valence-electron chi connectivity index (χ1n) is 11.9. The van der Waals surface area contributed by atoms with Crippen LogP contribution in [0.5, 0.6) is 5.75 Å². The van der Waals surface area contributed by atoms with Crippen molar-refractivity contribution in [2.75, 3.05) is 24.2 Å². The molecule has 36 heavy (non-hydrogen) atoms. The lowest BCUT2D eigenvalue weighted by Crippen LogP contribution is -2.28. The minimum absolute atomic E-state index is 0.0340. The second-order valence-corrected chi connectivity index (χ2v) is 10.3. The number of anilines is 1. The summed E-state index contributed by atoms with van der Waals surface area (Å²) in [6, 6.07) is 5.32. The third kappa shape index (κ3) is 4.58. The number of carbonyl (C=O) groups excluding carboxylic acids is 1. The summed E-state index contributed by atoms with van der Waals surface area (Å²) in [5, 5.41) is 3.96. The van der Waals surface area contributed by atoms with Gasteiger partial charge < -0.3 is 15.0 Å². The fourth-order valence-corrected chi connectivity index (χ4v) is 6.02. The molecule has 0 aliphatic carbocycles. The number of aromatic nitrogens is 2. The first-order chi connectivity index (χ1) is 17.2. The van der Waals surface area contributed by atoms with Crippen molar-refractivity contribution in [1.29, 1.82) is 0 Å². The number of aryl methyl sites for hydroxylation is 2. The maximum absolute atomic E-state index is 14.8. The molecule has 1 N–H and O–H groups in total. The van der Waals surface area contributed by atoms with Crippen LogP contribution in [-0.2, 0) is 11.2 Å². The van der Waals surface area contributed by atoms with E-state index in [4.69, 9.17) is 9.72 Å². The van der Waals surface area contributed by atoms with Crippen LogP contribution in [0.25, 0.3) is 10.9 Å². The minimum atomic E-state index is -2.89. The van der Waals surface area contributed by atoms with Gasteiger partial charge in [0, 0.05) is 36.6 Å². The molecule has 0 bridgehead atoms. The lowest BCUT2D eigenvalue weighted by atomic mass is 10.0. The topological polar surface area (TPSA) is 67.3 Å². The van der Waals surface area contributed by atoms with Gasteiger partial charge in [-0.15, -0.1) is 11.8 Å². The summed E-state index contributed by atoms with van der Waals surface area (Å²) < 4.78 is 47.7. The molecule has 1 amide bonds. The Morgan fingerprint density at radius 1 is 1.28 bits per heavy atom. The van der Waals surface area contributed by atoms with E-state index in [-0.39, 0.29) is 17.6 Å². The fourth-order valence-electron chi connectivity index (χ4n) is 4.89. The van der Waals surface area contributed by atoms with Gasteiger partial charge in [0.2, 0.25) is 5.91 Å². The van der Waals surface area contributed by atoms with Crippen molar-refractivity contribution in [1.82, 2.24) is 14.9 Å². The van der Waals surface area contributed by atoms with E-state index in [1.54, 1.807) is 37.4 Å². The molecule has 1 saturated heterocycles. The average molecular weight is 517 g/mol. The van der Waals surface area contributed by atoms with E-state index in [0.29, 0.717) is 24.7 Å². The maximum Gasteiger partial charge on any atom is 0.266 e. The summed E-state index contributed by atoms with van der Waals surface area (Å²) in [4.78, 5) is 23.9. The number of carbonyl (C=O) groups is 1. The Morgan fingerprint density at radius 3 is 2.78 bits per heavy atom. The number of fused-ring (bicyclic) bond motifs is 3. The highest BCUT2D eigenvalue weighted by atomic mass is 32.2. The predicted molar refractivity (Wildman–Crippen MR) is 133 cm³/mol. The number of ether oxygens (including phenoxy) is 1. The number of nitrogens with one attached hydrogen (secondary N) is 1. The minimum Gasteiger partial charge on any atom is -0.487 e. The van der Waals surface area contributed by atoms with Crippen molar-refractivity contribution in [3.8, 4) is 5.75 Å². The van der Waals surface area contributed by atoms with Gasteiger partial charge in [0.05, 0.1) is 28.6 Å². The molecular weight excluding hydrogens is 489 g/mol. The number of hydrogen-bond acceptors (Lipinski definition) is 6. The van der Waals surface area contributed by atoms with Crippen molar-refractivity contribution < 1.29 is 22.7 Å². The third-order valence-electron chi connectivity index (χ3n) is 6.71. The highest BCUT2D eigenvalue weighted by Gasteiger charge is 2.29. The highest BCUT2D eigenvalue weighted by molar-refractivity contribution is 7.99. The standard InChI is InChI=1S/C26H27F3N4O2S/c1-13(17-5-4-6-18(22(17)27)25(28)29)30-26-20-11-21(35-16-7-9-33(12-16)15(3)34)24-19(8-10-36-24)23(20)31-14(2)32-26/h4-6,11,13,16,25H,7-10,12H2,1-3H3,(H,30,31,32)/t13-,16+/m1/s1. The second kappa shape index (κ2) is 9.80. The Morgan fingerprint density at radius 2 is 2.06 bits per heavy atom. The Kier molecular flexibility index (Phi) is 6.72. The molecule has 1 fully saturated rings. The number of nitrogens with zero attached hydrogens (tertiary/aromatic N) is 3. The molecule has 2 aromatic carbocycles. The molecule has 2 atom stereocenters. The van der Waals surface area contributed by atoms with E-state index >= 15 is 0 Å². The molecule has 2 aliphatic rings. The number of benzene rings is 2. The summed E-state index contributed by atoms with van der Waals surface area (Å²) in [5.41, 5.74) is 1.41. The van der Waals surface area contributed by atoms with Crippen molar-refractivity contribution in [2.45, 2.75) is 57.1 Å². The van der Waals surface area contributed by atoms with Crippen LogP contribution in [0.4, 0.5) is 19.0 Å². The van der Waals surface area contributed by atoms with E-state index in [1.165, 1.54) is 12.1 Å². The lowest BCUT2D eigenvalue weighted by molar-refractivity contribution is -0.128.